The fraction of sp³-hybridized carbons (Fsp3) is 0.535. The number of halogens is 1. The van der Waals surface area contributed by atoms with Crippen LogP contribution in [0, 0.1) is 11.7 Å². The van der Waals surface area contributed by atoms with E-state index in [0.717, 1.165) is 81.8 Å². The molecule has 3 aromatic rings. The van der Waals surface area contributed by atoms with Crippen molar-refractivity contribution < 1.29 is 37.7 Å². The van der Waals surface area contributed by atoms with Crippen LogP contribution in [0.15, 0.2) is 66.7 Å². The number of carbonyl (C=O) groups is 2. The molecule has 1 fully saturated rings. The Labute approximate surface area is 304 Å². The molecule has 8 heteroatoms. The van der Waals surface area contributed by atoms with E-state index in [1.807, 2.05) is 50.2 Å². The smallest absolute Gasteiger partial charge is 0.343 e. The van der Waals surface area contributed by atoms with E-state index in [2.05, 4.69) is 13.8 Å². The minimum absolute atomic E-state index is 0.0724. The molecule has 0 bridgehead atoms. The minimum atomic E-state index is -0.820. The van der Waals surface area contributed by atoms with Gasteiger partial charge in [-0.2, -0.15) is 0 Å². The standard InChI is InChI=1S/C43H57FO7/c1-5-8-9-10-14-20-36(49-30-35-29-48-31(35)4)21-15-26-47-41-28-34(22-24-38(41)32-18-12-11-13-19-32)43(46)51-40-25-23-33(27-39(40)44)42(45)50-37(16-6-2)17-7-3/h11-13,18-19,22-25,27-28,31,35-37H,5-10,14-17,20-21,26,29-30H2,1-4H3. The van der Waals surface area contributed by atoms with Gasteiger partial charge in [-0.05, 0) is 81.0 Å². The summed E-state index contributed by atoms with van der Waals surface area (Å²) in [6.45, 7) is 10.3. The van der Waals surface area contributed by atoms with Crippen molar-refractivity contribution in [1.82, 2.24) is 0 Å². The monoisotopic (exact) mass is 704 g/mol. The lowest BCUT2D eigenvalue weighted by atomic mass is 10.00. The number of benzene rings is 3. The molecule has 4 rings (SSSR count). The number of ether oxygens (including phenoxy) is 5. The Morgan fingerprint density at radius 3 is 2.14 bits per heavy atom. The molecule has 51 heavy (non-hydrogen) atoms. The lowest BCUT2D eigenvalue weighted by Gasteiger charge is -2.35. The Morgan fingerprint density at radius 1 is 0.765 bits per heavy atom. The van der Waals surface area contributed by atoms with Gasteiger partial charge in [0.25, 0.3) is 0 Å². The third-order valence-electron chi connectivity index (χ3n) is 9.51. The Hall–Kier alpha value is -3.75. The van der Waals surface area contributed by atoms with Crippen LogP contribution in [0.1, 0.15) is 125 Å². The van der Waals surface area contributed by atoms with Crippen LogP contribution in [-0.2, 0) is 14.2 Å². The Kier molecular flexibility index (Phi) is 16.9. The van der Waals surface area contributed by atoms with Crippen molar-refractivity contribution in [2.75, 3.05) is 19.8 Å². The Morgan fingerprint density at radius 2 is 1.47 bits per heavy atom. The number of unbranched alkanes of at least 4 members (excludes halogenated alkanes) is 4. The molecule has 0 N–H and O–H groups in total. The van der Waals surface area contributed by atoms with Crippen molar-refractivity contribution in [2.24, 2.45) is 5.92 Å². The van der Waals surface area contributed by atoms with Gasteiger partial charge in [-0.3, -0.25) is 0 Å². The van der Waals surface area contributed by atoms with Crippen molar-refractivity contribution >= 4 is 11.9 Å². The number of hydrogen-bond donors (Lipinski definition) is 0. The molecule has 3 unspecified atom stereocenters. The van der Waals surface area contributed by atoms with Gasteiger partial charge in [-0.1, -0.05) is 96.0 Å². The summed E-state index contributed by atoms with van der Waals surface area (Å²) >= 11 is 0. The van der Waals surface area contributed by atoms with E-state index in [1.54, 1.807) is 12.1 Å². The van der Waals surface area contributed by atoms with Crippen LogP contribution in [0.3, 0.4) is 0 Å². The van der Waals surface area contributed by atoms with Gasteiger partial charge in [0, 0.05) is 11.5 Å². The second kappa shape index (κ2) is 21.6. The molecule has 0 saturated carbocycles. The van der Waals surface area contributed by atoms with E-state index in [9.17, 15) is 9.59 Å². The van der Waals surface area contributed by atoms with E-state index >= 15 is 4.39 Å². The molecule has 1 aliphatic heterocycles. The third kappa shape index (κ3) is 12.8. The highest BCUT2D eigenvalue weighted by Crippen LogP contribution is 2.32. The van der Waals surface area contributed by atoms with Crippen LogP contribution in [0.25, 0.3) is 11.1 Å². The molecule has 1 heterocycles. The summed E-state index contributed by atoms with van der Waals surface area (Å²) < 4.78 is 44.4. The van der Waals surface area contributed by atoms with Crippen molar-refractivity contribution in [3.63, 3.8) is 0 Å². The number of carbonyl (C=O) groups excluding carboxylic acids is 2. The molecule has 0 amide bonds. The summed E-state index contributed by atoms with van der Waals surface area (Å²) in [7, 11) is 0. The van der Waals surface area contributed by atoms with Gasteiger partial charge >= 0.3 is 11.9 Å². The third-order valence-corrected chi connectivity index (χ3v) is 9.51. The molecule has 3 atom stereocenters. The fourth-order valence-corrected chi connectivity index (χ4v) is 6.27. The number of hydrogen-bond acceptors (Lipinski definition) is 7. The van der Waals surface area contributed by atoms with Crippen molar-refractivity contribution in [3.05, 3.63) is 83.7 Å². The summed E-state index contributed by atoms with van der Waals surface area (Å²) in [5, 5.41) is 0. The van der Waals surface area contributed by atoms with Crippen LogP contribution in [0.2, 0.25) is 0 Å². The highest BCUT2D eigenvalue weighted by Gasteiger charge is 2.29. The lowest BCUT2D eigenvalue weighted by molar-refractivity contribution is -0.140. The normalized spacial score (nSPS) is 16.0. The largest absolute Gasteiger partial charge is 0.493 e. The number of rotatable bonds is 23. The highest BCUT2D eigenvalue weighted by molar-refractivity contribution is 5.93. The van der Waals surface area contributed by atoms with Crippen molar-refractivity contribution in [1.29, 1.82) is 0 Å². The van der Waals surface area contributed by atoms with Crippen LogP contribution < -0.4 is 9.47 Å². The van der Waals surface area contributed by atoms with Crippen LogP contribution >= 0.6 is 0 Å². The van der Waals surface area contributed by atoms with Gasteiger partial charge in [0.2, 0.25) is 0 Å². The predicted molar refractivity (Wildman–Crippen MR) is 199 cm³/mol. The van der Waals surface area contributed by atoms with Gasteiger partial charge in [-0.25, -0.2) is 14.0 Å². The second-order valence-electron chi connectivity index (χ2n) is 13.7. The highest BCUT2D eigenvalue weighted by atomic mass is 19.1. The maximum absolute atomic E-state index is 15.1. The first-order valence-electron chi connectivity index (χ1n) is 19.1. The van der Waals surface area contributed by atoms with E-state index in [-0.39, 0.29) is 35.2 Å². The summed E-state index contributed by atoms with van der Waals surface area (Å²) in [4.78, 5) is 26.0. The first-order valence-corrected chi connectivity index (χ1v) is 19.1. The lowest BCUT2D eigenvalue weighted by Crippen LogP contribution is -2.41. The topological polar surface area (TPSA) is 80.3 Å². The molecule has 1 aliphatic rings. The maximum Gasteiger partial charge on any atom is 0.343 e. The van der Waals surface area contributed by atoms with Gasteiger partial charge in [0.1, 0.15) is 11.9 Å². The quantitative estimate of drug-likeness (QED) is 0.0552. The molecule has 3 aromatic carbocycles. The molecular weight excluding hydrogens is 647 g/mol. The summed E-state index contributed by atoms with van der Waals surface area (Å²) in [5.41, 5.74) is 2.09. The molecule has 1 saturated heterocycles. The van der Waals surface area contributed by atoms with E-state index in [1.165, 1.54) is 37.8 Å². The van der Waals surface area contributed by atoms with E-state index < -0.39 is 17.8 Å². The van der Waals surface area contributed by atoms with Gasteiger partial charge in [0.05, 0.1) is 43.2 Å². The molecule has 0 radical (unpaired) electrons. The average molecular weight is 705 g/mol. The zero-order valence-electron chi connectivity index (χ0n) is 31.0. The maximum atomic E-state index is 15.1. The van der Waals surface area contributed by atoms with Crippen molar-refractivity contribution in [3.8, 4) is 22.6 Å². The number of esters is 2. The second-order valence-corrected chi connectivity index (χ2v) is 13.7. The first kappa shape index (κ1) is 40.0. The molecule has 278 valence electrons. The Balaban J connectivity index is 1.40. The predicted octanol–water partition coefficient (Wildman–Crippen LogP) is 10.8. The Bertz CT molecular complexity index is 1490. The SMILES string of the molecule is CCCCCCCC(CCCOc1cc(C(=O)Oc2ccc(C(=O)OC(CCC)CCC)cc2F)ccc1-c1ccccc1)OCC1COC1C. The summed E-state index contributed by atoms with van der Waals surface area (Å²) in [6.07, 6.45) is 12.3. The van der Waals surface area contributed by atoms with Crippen LogP contribution in [-0.4, -0.2) is 50.1 Å². The summed E-state index contributed by atoms with van der Waals surface area (Å²) in [5.74, 6) is -1.42. The molecule has 0 spiro atoms. The molecule has 0 aliphatic carbocycles. The summed E-state index contributed by atoms with van der Waals surface area (Å²) in [6, 6.07) is 18.7. The van der Waals surface area contributed by atoms with Gasteiger partial charge in [0.15, 0.2) is 11.6 Å². The zero-order chi connectivity index (χ0) is 36.4. The molecule has 7 nitrogen and oxygen atoms in total. The fourth-order valence-electron chi connectivity index (χ4n) is 6.27. The van der Waals surface area contributed by atoms with Crippen LogP contribution in [0.5, 0.6) is 11.5 Å². The van der Waals surface area contributed by atoms with E-state index in [0.29, 0.717) is 18.3 Å². The zero-order valence-corrected chi connectivity index (χ0v) is 31.0. The first-order chi connectivity index (χ1) is 24.8. The van der Waals surface area contributed by atoms with Gasteiger partial charge < -0.3 is 23.7 Å². The van der Waals surface area contributed by atoms with Crippen LogP contribution in [0.4, 0.5) is 4.39 Å². The molecular formula is C43H57FO7. The minimum Gasteiger partial charge on any atom is -0.493 e. The van der Waals surface area contributed by atoms with Crippen molar-refractivity contribution in [2.45, 2.75) is 123 Å². The average Bonchev–Trinajstić information content (AvgIpc) is 3.13. The molecule has 0 aromatic heterocycles. The van der Waals surface area contributed by atoms with Gasteiger partial charge in [-0.15, -0.1) is 0 Å². The van der Waals surface area contributed by atoms with E-state index in [4.69, 9.17) is 23.7 Å².